The third kappa shape index (κ3) is 3.11. The Labute approximate surface area is 74.6 Å². The van der Waals surface area contributed by atoms with Gasteiger partial charge in [-0.1, -0.05) is 12.8 Å². The Morgan fingerprint density at radius 1 is 1.25 bits per heavy atom. The Balaban J connectivity index is 2.30. The van der Waals surface area contributed by atoms with Crippen LogP contribution in [0.25, 0.3) is 0 Å². The van der Waals surface area contributed by atoms with Crippen LogP contribution in [0.1, 0.15) is 52.4 Å². The average molecular weight is 172 g/mol. The summed E-state index contributed by atoms with van der Waals surface area (Å²) >= 11 is 0. The van der Waals surface area contributed by atoms with Gasteiger partial charge in [0, 0.05) is 0 Å². The van der Waals surface area contributed by atoms with E-state index in [4.69, 9.17) is 0 Å². The van der Waals surface area contributed by atoms with Crippen molar-refractivity contribution in [3.8, 4) is 0 Å². The van der Waals surface area contributed by atoms with Crippen LogP contribution in [0.5, 0.6) is 0 Å². The van der Waals surface area contributed by atoms with E-state index < -0.39 is 11.2 Å². The lowest BCUT2D eigenvalue weighted by atomic mass is 9.90. The molecule has 1 rings (SSSR count). The molecule has 0 bridgehead atoms. The molecule has 0 radical (unpaired) electrons. The highest BCUT2D eigenvalue weighted by Crippen LogP contribution is 2.34. The molecule has 0 aromatic carbocycles. The zero-order valence-electron chi connectivity index (χ0n) is 8.14. The second kappa shape index (κ2) is 3.35. The molecule has 0 atom stereocenters. The first-order valence-corrected chi connectivity index (χ1v) is 4.86. The van der Waals surface area contributed by atoms with Crippen molar-refractivity contribution in [1.82, 2.24) is 0 Å². The van der Waals surface area contributed by atoms with Gasteiger partial charge in [0.05, 0.1) is 11.2 Å². The molecule has 2 N–H and O–H groups in total. The average Bonchev–Trinajstić information content (AvgIpc) is 2.32. The minimum Gasteiger partial charge on any atom is -0.390 e. The van der Waals surface area contributed by atoms with Crippen molar-refractivity contribution >= 4 is 0 Å². The van der Waals surface area contributed by atoms with Crippen LogP contribution < -0.4 is 0 Å². The van der Waals surface area contributed by atoms with Crippen LogP contribution in [0.2, 0.25) is 0 Å². The molecule has 2 nitrogen and oxygen atoms in total. The maximum Gasteiger partial charge on any atom is 0.0648 e. The van der Waals surface area contributed by atoms with Gasteiger partial charge in [-0.25, -0.2) is 0 Å². The Morgan fingerprint density at radius 3 is 2.17 bits per heavy atom. The Kier molecular flexibility index (Phi) is 2.79. The fourth-order valence-corrected chi connectivity index (χ4v) is 1.82. The van der Waals surface area contributed by atoms with Gasteiger partial charge in [0.25, 0.3) is 0 Å². The summed E-state index contributed by atoms with van der Waals surface area (Å²) in [6.07, 6.45) is 5.57. The van der Waals surface area contributed by atoms with E-state index in [0.717, 1.165) is 32.1 Å². The van der Waals surface area contributed by atoms with Crippen LogP contribution in [0.15, 0.2) is 0 Å². The zero-order chi connectivity index (χ0) is 9.24. The predicted octanol–water partition coefficient (Wildman–Crippen LogP) is 1.84. The minimum atomic E-state index is -0.627. The maximum atomic E-state index is 9.94. The summed E-state index contributed by atoms with van der Waals surface area (Å²) in [7, 11) is 0. The maximum absolute atomic E-state index is 9.94. The van der Waals surface area contributed by atoms with Crippen molar-refractivity contribution in [1.29, 1.82) is 0 Å². The molecule has 1 fully saturated rings. The van der Waals surface area contributed by atoms with Gasteiger partial charge in [-0.3, -0.25) is 0 Å². The molecule has 1 aliphatic carbocycles. The molecule has 2 heteroatoms. The molecule has 0 heterocycles. The summed E-state index contributed by atoms with van der Waals surface area (Å²) in [5.74, 6) is 0. The second-order valence-corrected chi connectivity index (χ2v) is 4.74. The van der Waals surface area contributed by atoms with E-state index in [1.807, 2.05) is 0 Å². The molecule has 12 heavy (non-hydrogen) atoms. The van der Waals surface area contributed by atoms with Gasteiger partial charge >= 0.3 is 0 Å². The minimum absolute atomic E-state index is 0.458. The van der Waals surface area contributed by atoms with Gasteiger partial charge in [0.2, 0.25) is 0 Å². The van der Waals surface area contributed by atoms with Crippen LogP contribution in [-0.4, -0.2) is 21.4 Å². The number of rotatable bonds is 3. The molecule has 0 aromatic rings. The van der Waals surface area contributed by atoms with Crippen LogP contribution in [0, 0.1) is 0 Å². The van der Waals surface area contributed by atoms with Crippen LogP contribution >= 0.6 is 0 Å². The van der Waals surface area contributed by atoms with Gasteiger partial charge in [-0.2, -0.15) is 0 Å². The molecule has 0 aliphatic heterocycles. The van der Waals surface area contributed by atoms with Crippen LogP contribution in [-0.2, 0) is 0 Å². The second-order valence-electron chi connectivity index (χ2n) is 4.74. The predicted molar refractivity (Wildman–Crippen MR) is 48.9 cm³/mol. The van der Waals surface area contributed by atoms with Crippen molar-refractivity contribution in [3.05, 3.63) is 0 Å². The van der Waals surface area contributed by atoms with E-state index in [1.54, 1.807) is 13.8 Å². The smallest absolute Gasteiger partial charge is 0.0648 e. The summed E-state index contributed by atoms with van der Waals surface area (Å²) in [5.41, 5.74) is -1.08. The molecule has 0 aromatic heterocycles. The summed E-state index contributed by atoms with van der Waals surface area (Å²) < 4.78 is 0. The Hall–Kier alpha value is -0.0800. The van der Waals surface area contributed by atoms with Crippen molar-refractivity contribution in [2.24, 2.45) is 0 Å². The molecule has 1 aliphatic rings. The van der Waals surface area contributed by atoms with Crippen LogP contribution in [0.3, 0.4) is 0 Å². The van der Waals surface area contributed by atoms with E-state index in [2.05, 4.69) is 0 Å². The summed E-state index contributed by atoms with van der Waals surface area (Å²) in [6, 6.07) is 0. The summed E-state index contributed by atoms with van der Waals surface area (Å²) in [5, 5.41) is 19.4. The van der Waals surface area contributed by atoms with E-state index in [0.29, 0.717) is 6.42 Å². The number of hydrogen-bond acceptors (Lipinski definition) is 2. The molecule has 0 amide bonds. The van der Waals surface area contributed by atoms with E-state index in [-0.39, 0.29) is 0 Å². The first kappa shape index (κ1) is 10.0. The molecule has 0 spiro atoms. The molecule has 0 unspecified atom stereocenters. The molecule has 72 valence electrons. The normalized spacial score (nSPS) is 23.0. The van der Waals surface area contributed by atoms with Crippen molar-refractivity contribution in [2.75, 3.05) is 0 Å². The van der Waals surface area contributed by atoms with E-state index in [1.165, 1.54) is 0 Å². The van der Waals surface area contributed by atoms with Gasteiger partial charge in [0.15, 0.2) is 0 Å². The Morgan fingerprint density at radius 2 is 1.75 bits per heavy atom. The zero-order valence-corrected chi connectivity index (χ0v) is 8.14. The van der Waals surface area contributed by atoms with Crippen LogP contribution in [0.4, 0.5) is 0 Å². The third-order valence-corrected chi connectivity index (χ3v) is 2.74. The number of hydrogen-bond donors (Lipinski definition) is 2. The third-order valence-electron chi connectivity index (χ3n) is 2.74. The Bertz CT molecular complexity index is 140. The molecular weight excluding hydrogens is 152 g/mol. The number of aliphatic hydroxyl groups is 2. The highest BCUT2D eigenvalue weighted by molar-refractivity contribution is 4.85. The fourth-order valence-electron chi connectivity index (χ4n) is 1.82. The lowest BCUT2D eigenvalue weighted by molar-refractivity contribution is -0.000847. The van der Waals surface area contributed by atoms with E-state index >= 15 is 0 Å². The molecular formula is C10H20O2. The topological polar surface area (TPSA) is 40.5 Å². The monoisotopic (exact) mass is 172 g/mol. The van der Waals surface area contributed by atoms with Gasteiger partial charge < -0.3 is 10.2 Å². The van der Waals surface area contributed by atoms with E-state index in [9.17, 15) is 10.2 Å². The lowest BCUT2D eigenvalue weighted by Gasteiger charge is -2.26. The standard InChI is InChI=1S/C10H20O2/c1-9(2,11)7-8-10(12)5-3-4-6-10/h11-12H,3-8H2,1-2H3. The summed E-state index contributed by atoms with van der Waals surface area (Å²) in [6.45, 7) is 3.59. The van der Waals surface area contributed by atoms with Crippen molar-refractivity contribution < 1.29 is 10.2 Å². The molecule has 1 saturated carbocycles. The van der Waals surface area contributed by atoms with Crippen molar-refractivity contribution in [3.63, 3.8) is 0 Å². The summed E-state index contributed by atoms with van der Waals surface area (Å²) in [4.78, 5) is 0. The van der Waals surface area contributed by atoms with Gasteiger partial charge in [-0.15, -0.1) is 0 Å². The first-order valence-electron chi connectivity index (χ1n) is 4.86. The SMILES string of the molecule is CC(C)(O)CCC1(O)CCCC1. The first-order chi connectivity index (χ1) is 5.41. The quantitative estimate of drug-likeness (QED) is 0.682. The van der Waals surface area contributed by atoms with Crippen molar-refractivity contribution in [2.45, 2.75) is 63.6 Å². The van der Waals surface area contributed by atoms with Gasteiger partial charge in [-0.05, 0) is 39.5 Å². The highest BCUT2D eigenvalue weighted by Gasteiger charge is 2.32. The molecule has 0 saturated heterocycles. The highest BCUT2D eigenvalue weighted by atomic mass is 16.3. The largest absolute Gasteiger partial charge is 0.390 e. The lowest BCUT2D eigenvalue weighted by Crippen LogP contribution is -2.29. The fraction of sp³-hybridized carbons (Fsp3) is 1.00. The van der Waals surface area contributed by atoms with Gasteiger partial charge in [0.1, 0.15) is 0 Å².